The molecule has 0 spiro atoms. The van der Waals surface area contributed by atoms with Gasteiger partial charge in [0.2, 0.25) is 0 Å². The predicted octanol–water partition coefficient (Wildman–Crippen LogP) is 3.77. The number of alkyl halides is 1. The Bertz CT molecular complexity index is 310. The fraction of sp³-hybridized carbons (Fsp3) is 0.455. The number of halogens is 3. The Morgan fingerprint density at radius 1 is 1.21 bits per heavy atom. The molecule has 0 aromatic heterocycles. The van der Waals surface area contributed by atoms with Crippen LogP contribution in [0.2, 0.25) is 0 Å². The third kappa shape index (κ3) is 2.95. The molecule has 14 heavy (non-hydrogen) atoms. The van der Waals surface area contributed by atoms with Gasteiger partial charge in [0.1, 0.15) is 0 Å². The van der Waals surface area contributed by atoms with E-state index in [2.05, 4.69) is 0 Å². The molecule has 1 rings (SSSR count). The summed E-state index contributed by atoms with van der Waals surface area (Å²) >= 11 is 6.03. The minimum absolute atomic E-state index is 0.0418. The van der Waals surface area contributed by atoms with Crippen LogP contribution in [0.25, 0.3) is 0 Å². The van der Waals surface area contributed by atoms with E-state index in [9.17, 15) is 8.78 Å². The maximum atomic E-state index is 12.8. The predicted molar refractivity (Wildman–Crippen MR) is 54.5 cm³/mol. The van der Waals surface area contributed by atoms with E-state index in [1.54, 1.807) is 6.07 Å². The molecule has 1 atom stereocenters. The zero-order chi connectivity index (χ0) is 10.7. The van der Waals surface area contributed by atoms with Crippen LogP contribution < -0.4 is 0 Å². The van der Waals surface area contributed by atoms with E-state index in [-0.39, 0.29) is 5.38 Å². The highest BCUT2D eigenvalue weighted by atomic mass is 35.5. The molecule has 0 heterocycles. The van der Waals surface area contributed by atoms with Gasteiger partial charge >= 0.3 is 0 Å². The molecular weight excluding hydrogens is 206 g/mol. The molecule has 78 valence electrons. The normalized spacial score (nSPS) is 13.3. The molecular formula is C11H13ClF2. The largest absolute Gasteiger partial charge is 0.204 e. The molecule has 3 heteroatoms. The maximum Gasteiger partial charge on any atom is 0.159 e. The van der Waals surface area contributed by atoms with Gasteiger partial charge in [-0.1, -0.05) is 19.9 Å². The van der Waals surface area contributed by atoms with Gasteiger partial charge in [-0.2, -0.15) is 0 Å². The Hall–Kier alpha value is -0.630. The van der Waals surface area contributed by atoms with Crippen LogP contribution in [0.15, 0.2) is 18.2 Å². The zero-order valence-electron chi connectivity index (χ0n) is 8.23. The summed E-state index contributed by atoms with van der Waals surface area (Å²) in [5, 5.41) is -0.0418. The maximum absolute atomic E-state index is 12.8. The minimum Gasteiger partial charge on any atom is -0.204 e. The fourth-order valence-electron chi connectivity index (χ4n) is 1.13. The monoisotopic (exact) mass is 218 g/mol. The summed E-state index contributed by atoms with van der Waals surface area (Å²) in [7, 11) is 0. The van der Waals surface area contributed by atoms with Crippen molar-refractivity contribution in [1.82, 2.24) is 0 Å². The summed E-state index contributed by atoms with van der Waals surface area (Å²) in [4.78, 5) is 0. The molecule has 0 aliphatic rings. The van der Waals surface area contributed by atoms with Gasteiger partial charge in [0.25, 0.3) is 0 Å². The van der Waals surface area contributed by atoms with Gasteiger partial charge in [-0.15, -0.1) is 11.6 Å². The van der Waals surface area contributed by atoms with Crippen molar-refractivity contribution >= 4 is 11.6 Å². The van der Waals surface area contributed by atoms with Crippen molar-refractivity contribution in [1.29, 1.82) is 0 Å². The smallest absolute Gasteiger partial charge is 0.159 e. The van der Waals surface area contributed by atoms with Gasteiger partial charge in [0.15, 0.2) is 11.6 Å². The van der Waals surface area contributed by atoms with Crippen LogP contribution in [0.3, 0.4) is 0 Å². The van der Waals surface area contributed by atoms with Crippen molar-refractivity contribution in [3.63, 3.8) is 0 Å². The van der Waals surface area contributed by atoms with Crippen molar-refractivity contribution in [3.05, 3.63) is 35.4 Å². The van der Waals surface area contributed by atoms with Crippen molar-refractivity contribution < 1.29 is 8.78 Å². The van der Waals surface area contributed by atoms with E-state index >= 15 is 0 Å². The molecule has 0 nitrogen and oxygen atoms in total. The van der Waals surface area contributed by atoms with Crippen molar-refractivity contribution in [3.8, 4) is 0 Å². The average Bonchev–Trinajstić information content (AvgIpc) is 2.11. The molecule has 1 aromatic rings. The molecule has 0 saturated carbocycles. The average molecular weight is 219 g/mol. The van der Waals surface area contributed by atoms with E-state index in [1.807, 2.05) is 13.8 Å². The molecule has 1 aromatic carbocycles. The summed E-state index contributed by atoms with van der Waals surface area (Å²) < 4.78 is 25.4. The third-order valence-electron chi connectivity index (χ3n) is 2.14. The summed E-state index contributed by atoms with van der Waals surface area (Å²) in [6, 6.07) is 3.90. The highest BCUT2D eigenvalue weighted by Gasteiger charge is 2.11. The van der Waals surface area contributed by atoms with Gasteiger partial charge < -0.3 is 0 Å². The lowest BCUT2D eigenvalue weighted by Crippen LogP contribution is -2.11. The molecule has 0 fully saturated rings. The number of hydrogen-bond acceptors (Lipinski definition) is 0. The van der Waals surface area contributed by atoms with Crippen LogP contribution in [0.4, 0.5) is 8.78 Å². The topological polar surface area (TPSA) is 0 Å². The second kappa shape index (κ2) is 4.74. The van der Waals surface area contributed by atoms with Gasteiger partial charge in [0.05, 0.1) is 0 Å². The Morgan fingerprint density at radius 3 is 2.36 bits per heavy atom. The summed E-state index contributed by atoms with van der Waals surface area (Å²) in [6.07, 6.45) is 0.566. The van der Waals surface area contributed by atoms with E-state index in [4.69, 9.17) is 11.6 Å². The quantitative estimate of drug-likeness (QED) is 0.678. The zero-order valence-corrected chi connectivity index (χ0v) is 8.98. The summed E-state index contributed by atoms with van der Waals surface area (Å²) in [5.74, 6) is -1.30. The minimum atomic E-state index is -0.815. The Morgan fingerprint density at radius 2 is 1.86 bits per heavy atom. The van der Waals surface area contributed by atoms with E-state index in [0.29, 0.717) is 12.3 Å². The number of rotatable bonds is 3. The highest BCUT2D eigenvalue weighted by molar-refractivity contribution is 6.20. The van der Waals surface area contributed by atoms with Crippen molar-refractivity contribution in [2.75, 3.05) is 0 Å². The van der Waals surface area contributed by atoms with Crippen LogP contribution in [0.1, 0.15) is 19.4 Å². The molecule has 0 bridgehead atoms. The lowest BCUT2D eigenvalue weighted by Gasteiger charge is -2.12. The van der Waals surface area contributed by atoms with Gasteiger partial charge in [-0.3, -0.25) is 0 Å². The Kier molecular flexibility index (Phi) is 3.87. The first kappa shape index (κ1) is 11.4. The Labute approximate surface area is 87.9 Å². The van der Waals surface area contributed by atoms with Gasteiger partial charge in [0, 0.05) is 5.38 Å². The number of hydrogen-bond donors (Lipinski definition) is 0. The lowest BCUT2D eigenvalue weighted by atomic mass is 10.0. The molecule has 1 unspecified atom stereocenters. The second-order valence-corrected chi connectivity index (χ2v) is 4.27. The van der Waals surface area contributed by atoms with Crippen LogP contribution in [0, 0.1) is 17.6 Å². The van der Waals surface area contributed by atoms with Crippen molar-refractivity contribution in [2.24, 2.45) is 5.92 Å². The molecule has 0 amide bonds. The van der Waals surface area contributed by atoms with Gasteiger partial charge in [-0.05, 0) is 30.0 Å². The first-order valence-electron chi connectivity index (χ1n) is 4.58. The molecule has 0 aliphatic heterocycles. The molecule has 0 radical (unpaired) electrons. The third-order valence-corrected chi connectivity index (χ3v) is 2.80. The first-order chi connectivity index (χ1) is 6.50. The van der Waals surface area contributed by atoms with Crippen LogP contribution in [0.5, 0.6) is 0 Å². The second-order valence-electron chi connectivity index (χ2n) is 3.71. The number of benzene rings is 1. The SMILES string of the molecule is CC(C)C(Cl)Cc1ccc(F)c(F)c1. The molecule has 0 aliphatic carbocycles. The summed E-state index contributed by atoms with van der Waals surface area (Å²) in [5.41, 5.74) is 0.734. The van der Waals surface area contributed by atoms with Crippen LogP contribution in [-0.4, -0.2) is 5.38 Å². The van der Waals surface area contributed by atoms with E-state index in [1.165, 1.54) is 6.07 Å². The molecule has 0 saturated heterocycles. The first-order valence-corrected chi connectivity index (χ1v) is 5.02. The van der Waals surface area contributed by atoms with E-state index < -0.39 is 11.6 Å². The molecule has 0 N–H and O–H groups in total. The Balaban J connectivity index is 2.73. The van der Waals surface area contributed by atoms with E-state index in [0.717, 1.165) is 11.6 Å². The standard InChI is InChI=1S/C11H13ClF2/c1-7(2)9(12)5-8-3-4-10(13)11(14)6-8/h3-4,6-7,9H,5H2,1-2H3. The fourth-order valence-corrected chi connectivity index (χ4v) is 1.31. The summed E-state index contributed by atoms with van der Waals surface area (Å²) in [6.45, 7) is 4.00. The lowest BCUT2D eigenvalue weighted by molar-refractivity contribution is 0.505. The van der Waals surface area contributed by atoms with Crippen molar-refractivity contribution in [2.45, 2.75) is 25.6 Å². The van der Waals surface area contributed by atoms with Gasteiger partial charge in [-0.25, -0.2) is 8.78 Å². The van der Waals surface area contributed by atoms with Crippen LogP contribution in [-0.2, 0) is 6.42 Å². The highest BCUT2D eigenvalue weighted by Crippen LogP contribution is 2.17. The van der Waals surface area contributed by atoms with Crippen LogP contribution >= 0.6 is 11.6 Å².